The Bertz CT molecular complexity index is 3040. The monoisotopic (exact) mass is 1000 g/mol. The first-order valence-electron chi connectivity index (χ1n) is 21.1. The second-order valence-corrected chi connectivity index (χ2v) is 19.1. The van der Waals surface area contributed by atoms with Crippen LogP contribution in [0.1, 0.15) is 82.9 Å². The minimum atomic E-state index is 0. The second kappa shape index (κ2) is 16.2. The molecular weight excluding hydrogens is 941 g/mol. The maximum Gasteiger partial charge on any atom is 0.165 e. The average Bonchev–Trinajstić information content (AvgIpc) is 3.96. The molecule has 10 rings (SSSR count). The van der Waals surface area contributed by atoms with E-state index in [1.807, 2.05) is 18.5 Å². The molecule has 0 unspecified atom stereocenters. The van der Waals surface area contributed by atoms with Crippen LogP contribution in [0.2, 0.25) is 0 Å². The summed E-state index contributed by atoms with van der Waals surface area (Å²) in [6, 6.07) is 31.1. The van der Waals surface area contributed by atoms with Gasteiger partial charge in [-0.25, -0.2) is 15.0 Å². The molecule has 9 heteroatoms. The molecule has 6 aromatic heterocycles. The van der Waals surface area contributed by atoms with Gasteiger partial charge in [0.1, 0.15) is 22.9 Å². The van der Waals surface area contributed by atoms with E-state index in [0.29, 0.717) is 0 Å². The number of aryl methyl sites for hydroxylation is 6. The summed E-state index contributed by atoms with van der Waals surface area (Å²) in [5, 5.41) is 4.57. The molecule has 0 bridgehead atoms. The SMILES string of the molecule is C.Cc1cccc(C)c1-c1cnc2c3[c-]cccc3c3c(nc(C)n3CC(C)(C)C)n12.Cc1cccc(C)c1-c1cnc2c3ccccc3c3c(nc(C)n3CC(C)(C)C)n12.[Ir]. The van der Waals surface area contributed by atoms with Crippen LogP contribution in [0.4, 0.5) is 0 Å². The summed E-state index contributed by atoms with van der Waals surface area (Å²) in [7, 11) is 0. The van der Waals surface area contributed by atoms with Gasteiger partial charge in [0.2, 0.25) is 0 Å². The minimum Gasteiger partial charge on any atom is -0.334 e. The molecule has 4 aromatic carbocycles. The van der Waals surface area contributed by atoms with Gasteiger partial charge in [0.15, 0.2) is 5.65 Å². The standard InChI is InChI=1S/C26H28N4.C26H27N4.CH4.Ir/c2*1-16-10-9-11-17(2)22(16)21-14-27-24-20-13-8-7-12-19(20)23-25(30(21)24)28-18(3)29(23)15-26(4,5)6;;/h7-14H,15H2,1-6H3;7-12,14H,15H2,1-6H3;1H4;/q;-1;;. The molecule has 321 valence electrons. The third kappa shape index (κ3) is 7.43. The maximum atomic E-state index is 5.08. The largest absolute Gasteiger partial charge is 0.334 e. The topological polar surface area (TPSA) is 70.2 Å². The van der Waals surface area contributed by atoms with Crippen molar-refractivity contribution in [3.8, 4) is 22.5 Å². The number of hydrogen-bond acceptors (Lipinski definition) is 4. The number of rotatable bonds is 4. The van der Waals surface area contributed by atoms with Gasteiger partial charge < -0.3 is 13.5 Å². The van der Waals surface area contributed by atoms with E-state index in [1.165, 1.54) is 44.3 Å². The van der Waals surface area contributed by atoms with Crippen LogP contribution in [-0.2, 0) is 33.2 Å². The molecule has 0 spiro atoms. The van der Waals surface area contributed by atoms with Crippen LogP contribution in [-0.4, -0.2) is 37.9 Å². The molecule has 0 aliphatic rings. The zero-order chi connectivity index (χ0) is 42.4. The Kier molecular flexibility index (Phi) is 11.6. The number of pyridine rings is 2. The number of imidazole rings is 4. The van der Waals surface area contributed by atoms with Crippen LogP contribution in [0.15, 0.2) is 91.3 Å². The molecule has 6 heterocycles. The van der Waals surface area contributed by atoms with Crippen molar-refractivity contribution in [1.29, 1.82) is 0 Å². The molecular formula is C53H59IrN8-. The summed E-state index contributed by atoms with van der Waals surface area (Å²) < 4.78 is 9.24. The Balaban J connectivity index is 0.000000181. The van der Waals surface area contributed by atoms with Crippen molar-refractivity contribution in [2.75, 3.05) is 0 Å². The number of hydrogen-bond donors (Lipinski definition) is 0. The molecule has 0 aliphatic carbocycles. The molecule has 0 atom stereocenters. The normalized spacial score (nSPS) is 12.1. The van der Waals surface area contributed by atoms with Gasteiger partial charge in [-0.3, -0.25) is 9.38 Å². The van der Waals surface area contributed by atoms with Crippen molar-refractivity contribution < 1.29 is 20.1 Å². The molecule has 10 aromatic rings. The molecule has 62 heavy (non-hydrogen) atoms. The first-order valence-corrected chi connectivity index (χ1v) is 21.1. The first-order chi connectivity index (χ1) is 28.5. The maximum absolute atomic E-state index is 5.08. The summed E-state index contributed by atoms with van der Waals surface area (Å²) in [4.78, 5) is 19.9. The first kappa shape index (κ1) is 44.4. The molecule has 8 nitrogen and oxygen atoms in total. The van der Waals surface area contributed by atoms with E-state index in [9.17, 15) is 0 Å². The van der Waals surface area contributed by atoms with Gasteiger partial charge in [0.25, 0.3) is 0 Å². The summed E-state index contributed by atoms with van der Waals surface area (Å²) in [6.45, 7) is 28.3. The summed E-state index contributed by atoms with van der Waals surface area (Å²) in [6.07, 6.45) is 4.00. The molecule has 0 aliphatic heterocycles. The van der Waals surface area contributed by atoms with Crippen molar-refractivity contribution in [3.05, 3.63) is 131 Å². The van der Waals surface area contributed by atoms with Gasteiger partial charge in [-0.15, -0.1) is 24.3 Å². The summed E-state index contributed by atoms with van der Waals surface area (Å²) >= 11 is 0. The predicted octanol–water partition coefficient (Wildman–Crippen LogP) is 13.4. The fourth-order valence-corrected chi connectivity index (χ4v) is 9.27. The van der Waals surface area contributed by atoms with E-state index in [-0.39, 0.29) is 38.4 Å². The van der Waals surface area contributed by atoms with Gasteiger partial charge >= 0.3 is 0 Å². The molecule has 0 saturated carbocycles. The van der Waals surface area contributed by atoms with Crippen LogP contribution >= 0.6 is 0 Å². The van der Waals surface area contributed by atoms with Crippen LogP contribution in [0, 0.1) is 58.4 Å². The van der Waals surface area contributed by atoms with E-state index >= 15 is 0 Å². The van der Waals surface area contributed by atoms with Gasteiger partial charge in [-0.2, -0.15) is 0 Å². The van der Waals surface area contributed by atoms with Crippen LogP contribution in [0.5, 0.6) is 0 Å². The van der Waals surface area contributed by atoms with Crippen molar-refractivity contribution in [2.45, 2.75) is 104 Å². The number of aromatic nitrogens is 8. The summed E-state index contributed by atoms with van der Waals surface area (Å²) in [5.74, 6) is 2.07. The Morgan fingerprint density at radius 2 is 0.919 bits per heavy atom. The quantitative estimate of drug-likeness (QED) is 0.165. The van der Waals surface area contributed by atoms with Gasteiger partial charge in [-0.05, 0) is 74.6 Å². The predicted molar refractivity (Wildman–Crippen MR) is 256 cm³/mol. The van der Waals surface area contributed by atoms with Crippen LogP contribution in [0.3, 0.4) is 0 Å². The van der Waals surface area contributed by atoms with E-state index in [2.05, 4.69) is 180 Å². The van der Waals surface area contributed by atoms with Crippen molar-refractivity contribution in [2.24, 2.45) is 10.8 Å². The Labute approximate surface area is 379 Å². The third-order valence-electron chi connectivity index (χ3n) is 11.7. The van der Waals surface area contributed by atoms with Gasteiger partial charge in [0, 0.05) is 66.8 Å². The van der Waals surface area contributed by atoms with Gasteiger partial charge in [-0.1, -0.05) is 120 Å². The molecule has 0 saturated heterocycles. The van der Waals surface area contributed by atoms with Crippen molar-refractivity contribution >= 4 is 55.2 Å². The van der Waals surface area contributed by atoms with E-state index < -0.39 is 0 Å². The van der Waals surface area contributed by atoms with Crippen LogP contribution < -0.4 is 0 Å². The number of benzene rings is 4. The van der Waals surface area contributed by atoms with Crippen molar-refractivity contribution in [1.82, 2.24) is 37.9 Å². The zero-order valence-corrected chi connectivity index (χ0v) is 39.9. The van der Waals surface area contributed by atoms with E-state index in [4.69, 9.17) is 19.9 Å². The minimum absolute atomic E-state index is 0. The van der Waals surface area contributed by atoms with Crippen LogP contribution in [0.25, 0.3) is 77.7 Å². The number of fused-ring (bicyclic) bond motifs is 12. The fraction of sp³-hybridized carbons (Fsp3) is 0.321. The van der Waals surface area contributed by atoms with E-state index in [0.717, 1.165) is 80.4 Å². The molecule has 0 fully saturated rings. The average molecular weight is 1000 g/mol. The summed E-state index contributed by atoms with van der Waals surface area (Å²) in [5.41, 5.74) is 16.1. The molecule has 1 radical (unpaired) electrons. The Morgan fingerprint density at radius 3 is 1.40 bits per heavy atom. The second-order valence-electron chi connectivity index (χ2n) is 19.1. The molecule has 0 N–H and O–H groups in total. The fourth-order valence-electron chi connectivity index (χ4n) is 9.27. The van der Waals surface area contributed by atoms with Gasteiger partial charge in [0.05, 0.1) is 28.7 Å². The number of nitrogens with zero attached hydrogens (tertiary/aromatic N) is 8. The Hall–Kier alpha value is -5.63. The molecule has 0 amide bonds. The zero-order valence-electron chi connectivity index (χ0n) is 37.5. The smallest absolute Gasteiger partial charge is 0.165 e. The van der Waals surface area contributed by atoms with Crippen molar-refractivity contribution in [3.63, 3.8) is 0 Å². The van der Waals surface area contributed by atoms with E-state index in [1.54, 1.807) is 0 Å². The Morgan fingerprint density at radius 1 is 0.500 bits per heavy atom. The third-order valence-corrected chi connectivity index (χ3v) is 11.7.